The molecular formula is C26H25NO5. The maximum Gasteiger partial charge on any atom is 0.295 e. The Bertz CT molecular complexity index is 1050. The number of aliphatic hydroxyl groups excluding tert-OH is 1. The first-order chi connectivity index (χ1) is 15.5. The van der Waals surface area contributed by atoms with Gasteiger partial charge in [-0.2, -0.15) is 0 Å². The number of carbonyl (C=O) groups excluding carboxylic acids is 2. The first-order valence-corrected chi connectivity index (χ1v) is 10.1. The van der Waals surface area contributed by atoms with Crippen LogP contribution in [0.25, 0.3) is 5.76 Å². The maximum absolute atomic E-state index is 12.9. The molecule has 1 unspecified atom stereocenters. The third-order valence-corrected chi connectivity index (χ3v) is 4.93. The smallest absolute Gasteiger partial charge is 0.295 e. The van der Waals surface area contributed by atoms with Crippen LogP contribution < -0.4 is 9.47 Å². The van der Waals surface area contributed by atoms with Crippen LogP contribution in [0.15, 0.2) is 92.1 Å². The van der Waals surface area contributed by atoms with Crippen molar-refractivity contribution in [3.8, 4) is 11.5 Å². The van der Waals surface area contributed by atoms with Crippen molar-refractivity contribution < 1.29 is 24.2 Å². The Labute approximate surface area is 187 Å². The Morgan fingerprint density at radius 1 is 0.875 bits per heavy atom. The van der Waals surface area contributed by atoms with E-state index in [4.69, 9.17) is 9.47 Å². The molecule has 1 saturated heterocycles. The molecule has 6 heteroatoms. The fraction of sp³-hybridized carbons (Fsp3) is 0.154. The van der Waals surface area contributed by atoms with Crippen molar-refractivity contribution in [2.75, 3.05) is 19.8 Å². The van der Waals surface area contributed by atoms with Crippen LogP contribution in [0.2, 0.25) is 0 Å². The van der Waals surface area contributed by atoms with E-state index >= 15 is 0 Å². The number of likely N-dealkylation sites (tertiary alicyclic amines) is 1. The summed E-state index contributed by atoms with van der Waals surface area (Å²) in [5.74, 6) is -0.450. The van der Waals surface area contributed by atoms with Gasteiger partial charge in [0, 0.05) is 12.1 Å². The van der Waals surface area contributed by atoms with Crippen LogP contribution in [0, 0.1) is 0 Å². The Morgan fingerprint density at radius 3 is 1.91 bits per heavy atom. The van der Waals surface area contributed by atoms with E-state index in [2.05, 4.69) is 19.7 Å². The highest BCUT2D eigenvalue weighted by molar-refractivity contribution is 6.46. The van der Waals surface area contributed by atoms with E-state index in [-0.39, 0.29) is 17.9 Å². The minimum atomic E-state index is -0.752. The number of hydrogen-bond donors (Lipinski definition) is 1. The highest BCUT2D eigenvalue weighted by atomic mass is 16.5. The van der Waals surface area contributed by atoms with Crippen LogP contribution in [0.5, 0.6) is 11.5 Å². The second-order valence-electron chi connectivity index (χ2n) is 7.03. The lowest BCUT2D eigenvalue weighted by molar-refractivity contribution is -0.139. The fourth-order valence-corrected chi connectivity index (χ4v) is 3.48. The van der Waals surface area contributed by atoms with Gasteiger partial charge in [0.25, 0.3) is 11.7 Å². The molecule has 1 atom stereocenters. The van der Waals surface area contributed by atoms with E-state index in [0.29, 0.717) is 35.8 Å². The molecule has 1 amide bonds. The van der Waals surface area contributed by atoms with E-state index in [1.54, 1.807) is 66.8 Å². The average molecular weight is 431 g/mol. The summed E-state index contributed by atoms with van der Waals surface area (Å²) in [6.45, 7) is 11.8. The molecule has 2 aromatic carbocycles. The molecule has 2 aromatic rings. The summed E-state index contributed by atoms with van der Waals surface area (Å²) in [5.41, 5.74) is 1.10. The van der Waals surface area contributed by atoms with Gasteiger partial charge in [-0.3, -0.25) is 9.59 Å². The lowest BCUT2D eigenvalue weighted by atomic mass is 9.95. The van der Waals surface area contributed by atoms with Crippen molar-refractivity contribution >= 4 is 17.4 Å². The minimum absolute atomic E-state index is 0.0244. The zero-order valence-electron chi connectivity index (χ0n) is 17.7. The Morgan fingerprint density at radius 2 is 1.41 bits per heavy atom. The zero-order chi connectivity index (χ0) is 23.1. The molecule has 6 nitrogen and oxygen atoms in total. The molecule has 1 N–H and O–H groups in total. The standard InChI is InChI=1S/C26H25NO5/c1-4-15-27-23(18-7-11-20(12-8-18)31-16-5-2)22(25(29)26(27)30)24(28)19-9-13-21(14-10-19)32-17-6-3/h4-14,23,28H,1-3,15-17H2/b24-22+. The van der Waals surface area contributed by atoms with Crippen LogP contribution in [0.4, 0.5) is 0 Å². The normalized spacial score (nSPS) is 17.1. The second-order valence-corrected chi connectivity index (χ2v) is 7.03. The number of Topliss-reactive ketones (excluding diaryl/α,β-unsaturated/α-hetero) is 1. The third kappa shape index (κ3) is 4.64. The molecule has 0 aromatic heterocycles. The van der Waals surface area contributed by atoms with E-state index < -0.39 is 17.7 Å². The van der Waals surface area contributed by atoms with Crippen molar-refractivity contribution in [1.29, 1.82) is 0 Å². The number of amides is 1. The predicted molar refractivity (Wildman–Crippen MR) is 123 cm³/mol. The van der Waals surface area contributed by atoms with Gasteiger partial charge in [-0.15, -0.1) is 6.58 Å². The van der Waals surface area contributed by atoms with Crippen LogP contribution >= 0.6 is 0 Å². The number of benzene rings is 2. The van der Waals surface area contributed by atoms with Crippen LogP contribution in [0.1, 0.15) is 17.2 Å². The first kappa shape index (κ1) is 22.6. The third-order valence-electron chi connectivity index (χ3n) is 4.93. The fourth-order valence-electron chi connectivity index (χ4n) is 3.48. The number of hydrogen-bond acceptors (Lipinski definition) is 5. The lowest BCUT2D eigenvalue weighted by Gasteiger charge is -2.24. The summed E-state index contributed by atoms with van der Waals surface area (Å²) in [4.78, 5) is 27.0. The van der Waals surface area contributed by atoms with Gasteiger partial charge in [0.15, 0.2) is 0 Å². The molecule has 3 rings (SSSR count). The van der Waals surface area contributed by atoms with Gasteiger partial charge < -0.3 is 19.5 Å². The summed E-state index contributed by atoms with van der Waals surface area (Å²) in [5, 5.41) is 11.0. The molecule has 1 aliphatic heterocycles. The minimum Gasteiger partial charge on any atom is -0.507 e. The maximum atomic E-state index is 12.9. The molecule has 1 aliphatic rings. The summed E-state index contributed by atoms with van der Waals surface area (Å²) in [7, 11) is 0. The molecule has 32 heavy (non-hydrogen) atoms. The molecule has 0 aliphatic carbocycles. The highest BCUT2D eigenvalue weighted by Gasteiger charge is 2.45. The SMILES string of the molecule is C=CCOc1ccc(/C(O)=C2\C(=O)C(=O)N(CC=C)C2c2ccc(OCC=C)cc2)cc1. The first-order valence-electron chi connectivity index (χ1n) is 10.1. The molecule has 1 fully saturated rings. The molecule has 0 saturated carbocycles. The van der Waals surface area contributed by atoms with Crippen molar-refractivity contribution in [2.24, 2.45) is 0 Å². The monoisotopic (exact) mass is 431 g/mol. The van der Waals surface area contributed by atoms with Gasteiger partial charge in [0.2, 0.25) is 0 Å². The largest absolute Gasteiger partial charge is 0.507 e. The molecule has 0 bridgehead atoms. The van der Waals surface area contributed by atoms with Gasteiger partial charge in [-0.25, -0.2) is 0 Å². The van der Waals surface area contributed by atoms with Crippen molar-refractivity contribution in [3.63, 3.8) is 0 Å². The van der Waals surface area contributed by atoms with Gasteiger partial charge in [0.1, 0.15) is 30.5 Å². The Balaban J connectivity index is 2.03. The number of nitrogens with zero attached hydrogens (tertiary/aromatic N) is 1. The summed E-state index contributed by atoms with van der Waals surface area (Å²) in [6.07, 6.45) is 4.81. The number of rotatable bonds is 10. The van der Waals surface area contributed by atoms with Crippen LogP contribution in [-0.2, 0) is 9.59 Å². The number of ether oxygens (including phenoxy) is 2. The number of ketones is 1. The lowest BCUT2D eigenvalue weighted by Crippen LogP contribution is -2.29. The summed E-state index contributed by atoms with van der Waals surface area (Å²) >= 11 is 0. The zero-order valence-corrected chi connectivity index (χ0v) is 17.7. The Kier molecular flexibility index (Phi) is 7.29. The average Bonchev–Trinajstić information content (AvgIpc) is 3.07. The predicted octanol–water partition coefficient (Wildman–Crippen LogP) is 4.42. The van der Waals surface area contributed by atoms with Gasteiger partial charge in [0.05, 0.1) is 11.6 Å². The van der Waals surface area contributed by atoms with Crippen LogP contribution in [-0.4, -0.2) is 41.5 Å². The second kappa shape index (κ2) is 10.3. The molecule has 164 valence electrons. The van der Waals surface area contributed by atoms with Crippen molar-refractivity contribution in [1.82, 2.24) is 4.90 Å². The van der Waals surface area contributed by atoms with Crippen LogP contribution in [0.3, 0.4) is 0 Å². The summed E-state index contributed by atoms with van der Waals surface area (Å²) in [6, 6.07) is 12.9. The van der Waals surface area contributed by atoms with Gasteiger partial charge >= 0.3 is 0 Å². The Hall–Kier alpha value is -4.06. The van der Waals surface area contributed by atoms with E-state index in [9.17, 15) is 14.7 Å². The van der Waals surface area contributed by atoms with Gasteiger partial charge in [-0.1, -0.05) is 43.5 Å². The van der Waals surface area contributed by atoms with E-state index in [1.165, 1.54) is 4.90 Å². The topological polar surface area (TPSA) is 76.1 Å². The van der Waals surface area contributed by atoms with Crippen molar-refractivity contribution in [2.45, 2.75) is 6.04 Å². The molecular weight excluding hydrogens is 406 g/mol. The van der Waals surface area contributed by atoms with Gasteiger partial charge in [-0.05, 0) is 42.0 Å². The molecule has 0 spiro atoms. The molecule has 0 radical (unpaired) electrons. The quantitative estimate of drug-likeness (QED) is 0.261. The number of carbonyl (C=O) groups is 2. The van der Waals surface area contributed by atoms with E-state index in [1.807, 2.05) is 0 Å². The highest BCUT2D eigenvalue weighted by Crippen LogP contribution is 2.39. The number of aliphatic hydroxyl groups is 1. The van der Waals surface area contributed by atoms with Crippen molar-refractivity contribution in [3.05, 3.63) is 103 Å². The molecule has 1 heterocycles. The summed E-state index contributed by atoms with van der Waals surface area (Å²) < 4.78 is 11.0. The van der Waals surface area contributed by atoms with E-state index in [0.717, 1.165) is 0 Å².